The zero-order chi connectivity index (χ0) is 19.1. The molecule has 0 bridgehead atoms. The van der Waals surface area contributed by atoms with E-state index in [1.807, 2.05) is 12.1 Å². The molecule has 0 aliphatic carbocycles. The summed E-state index contributed by atoms with van der Waals surface area (Å²) in [5.41, 5.74) is 1.32. The number of pyridine rings is 1. The van der Waals surface area contributed by atoms with E-state index in [-0.39, 0.29) is 5.56 Å². The number of aromatic nitrogens is 1. The molecule has 0 spiro atoms. The number of carboxylic acid groups (broad SMARTS) is 1. The fourth-order valence-corrected chi connectivity index (χ4v) is 4.17. The summed E-state index contributed by atoms with van der Waals surface area (Å²) >= 11 is 0. The highest BCUT2D eigenvalue weighted by molar-refractivity contribution is 7.89. The number of hydrogen-bond acceptors (Lipinski definition) is 6. The smallest absolute Gasteiger partial charge is 0.330 e. The van der Waals surface area contributed by atoms with E-state index >= 15 is 0 Å². The molecule has 0 amide bonds. The maximum Gasteiger partial charge on any atom is 0.330 e. The Morgan fingerprint density at radius 2 is 1.92 bits per heavy atom. The van der Waals surface area contributed by atoms with Crippen LogP contribution in [0.15, 0.2) is 41.6 Å². The van der Waals surface area contributed by atoms with Crippen molar-refractivity contribution >= 4 is 21.8 Å². The molecule has 1 atom stereocenters. The van der Waals surface area contributed by atoms with Gasteiger partial charge in [0.25, 0.3) is 10.0 Å². The van der Waals surface area contributed by atoms with Crippen molar-refractivity contribution in [2.75, 3.05) is 14.2 Å². The first-order valence-electron chi connectivity index (χ1n) is 7.62. The summed E-state index contributed by atoms with van der Waals surface area (Å²) in [6, 6.07) is 6.86. The Morgan fingerprint density at radius 3 is 2.50 bits per heavy atom. The zero-order valence-electron chi connectivity index (χ0n) is 14.0. The van der Waals surface area contributed by atoms with Gasteiger partial charge in [0.1, 0.15) is 5.75 Å². The summed E-state index contributed by atoms with van der Waals surface area (Å²) in [5.74, 6) is -1.62. The van der Waals surface area contributed by atoms with Crippen molar-refractivity contribution in [3.8, 4) is 5.75 Å². The van der Waals surface area contributed by atoms with Gasteiger partial charge in [-0.15, -0.1) is 0 Å². The van der Waals surface area contributed by atoms with Crippen molar-refractivity contribution in [3.63, 3.8) is 0 Å². The highest BCUT2D eigenvalue weighted by Gasteiger charge is 2.46. The van der Waals surface area contributed by atoms with Crippen LogP contribution in [-0.2, 0) is 21.2 Å². The summed E-state index contributed by atoms with van der Waals surface area (Å²) in [5, 5.41) is 8.82. The van der Waals surface area contributed by atoms with Gasteiger partial charge in [0, 0.05) is 13.2 Å². The van der Waals surface area contributed by atoms with Crippen molar-refractivity contribution in [1.29, 1.82) is 0 Å². The van der Waals surface area contributed by atoms with E-state index in [0.29, 0.717) is 22.0 Å². The van der Waals surface area contributed by atoms with Crippen molar-refractivity contribution in [2.24, 2.45) is 0 Å². The van der Waals surface area contributed by atoms with Crippen LogP contribution in [0.3, 0.4) is 0 Å². The molecular weight excluding hydrogens is 360 g/mol. The van der Waals surface area contributed by atoms with Gasteiger partial charge in [-0.3, -0.25) is 4.79 Å². The van der Waals surface area contributed by atoms with Crippen LogP contribution in [-0.4, -0.2) is 54.8 Å². The molecule has 1 aromatic carbocycles. The number of likely N-dealkylation sites (N-methyl/N-ethyl adjacent to an activating group) is 1. The van der Waals surface area contributed by atoms with Gasteiger partial charge < -0.3 is 9.84 Å². The molecule has 1 aromatic heterocycles. The molecule has 2 heterocycles. The van der Waals surface area contributed by atoms with Crippen molar-refractivity contribution < 1.29 is 27.9 Å². The number of rotatable bonds is 4. The second-order valence-electron chi connectivity index (χ2n) is 5.85. The number of methoxy groups -OCH3 is 1. The number of aliphatic carboxylic acids is 1. The lowest BCUT2D eigenvalue weighted by Crippen LogP contribution is -2.51. The van der Waals surface area contributed by atoms with Crippen LogP contribution < -0.4 is 4.74 Å². The van der Waals surface area contributed by atoms with E-state index < -0.39 is 32.8 Å². The fourth-order valence-electron chi connectivity index (χ4n) is 2.81. The number of Topliss-reactive ketones (excluding diaryl/α,β-unsaturated/α-hetero) is 1. The van der Waals surface area contributed by atoms with E-state index in [1.54, 1.807) is 19.2 Å². The average molecular weight is 376 g/mol. The summed E-state index contributed by atoms with van der Waals surface area (Å²) in [7, 11) is -1.53. The van der Waals surface area contributed by atoms with Gasteiger partial charge in [-0.25, -0.2) is 18.2 Å². The first kappa shape index (κ1) is 18.0. The number of fused-ring (bicyclic) bond motifs is 1. The topological polar surface area (TPSA) is 114 Å². The number of benzene rings is 1. The Kier molecular flexibility index (Phi) is 4.51. The summed E-state index contributed by atoms with van der Waals surface area (Å²) < 4.78 is 30.5. The number of carbonyl (C=O) groups is 2. The minimum Gasteiger partial charge on any atom is -0.497 e. The van der Waals surface area contributed by atoms with Crippen molar-refractivity contribution in [1.82, 2.24) is 9.29 Å². The minimum absolute atomic E-state index is 0.193. The molecule has 0 saturated heterocycles. The van der Waals surface area contributed by atoms with E-state index in [2.05, 4.69) is 4.98 Å². The predicted molar refractivity (Wildman–Crippen MR) is 90.7 cm³/mol. The van der Waals surface area contributed by atoms with Gasteiger partial charge in [-0.1, -0.05) is 12.1 Å². The minimum atomic E-state index is -4.14. The quantitative estimate of drug-likeness (QED) is 0.790. The first-order valence-corrected chi connectivity index (χ1v) is 9.06. The number of sulfonamides is 1. The van der Waals surface area contributed by atoms with Crippen LogP contribution in [0.4, 0.5) is 0 Å². The molecule has 1 aliphatic heterocycles. The van der Waals surface area contributed by atoms with Gasteiger partial charge in [0.15, 0.2) is 16.9 Å². The molecule has 3 rings (SSSR count). The molecule has 26 heavy (non-hydrogen) atoms. The second-order valence-corrected chi connectivity index (χ2v) is 7.76. The summed E-state index contributed by atoms with van der Waals surface area (Å²) in [4.78, 5) is 27.8. The molecule has 136 valence electrons. The van der Waals surface area contributed by atoms with Crippen LogP contribution in [0.1, 0.15) is 21.5 Å². The van der Waals surface area contributed by atoms with Gasteiger partial charge >= 0.3 is 5.97 Å². The molecule has 0 fully saturated rings. The highest BCUT2D eigenvalue weighted by Crippen LogP contribution is 2.28. The summed E-state index contributed by atoms with van der Waals surface area (Å²) in [6.07, 6.45) is 1.79. The van der Waals surface area contributed by atoms with Crippen molar-refractivity contribution in [2.45, 2.75) is 17.5 Å². The first-order chi connectivity index (χ1) is 12.3. The molecule has 8 nitrogen and oxygen atoms in total. The molecule has 0 saturated carbocycles. The highest BCUT2D eigenvalue weighted by atomic mass is 32.2. The van der Waals surface area contributed by atoms with E-state index in [0.717, 1.165) is 12.6 Å². The molecule has 0 radical (unpaired) electrons. The molecular formula is C17H16N2O6S. The Morgan fingerprint density at radius 1 is 1.27 bits per heavy atom. The van der Waals surface area contributed by atoms with Crippen LogP contribution in [0.5, 0.6) is 5.75 Å². The fraction of sp³-hybridized carbons (Fsp3) is 0.235. The number of nitrogens with zero attached hydrogens (tertiary/aromatic N) is 2. The third kappa shape index (κ3) is 2.95. The normalized spacial score (nSPS) is 19.0. The van der Waals surface area contributed by atoms with Crippen LogP contribution in [0.25, 0.3) is 0 Å². The van der Waals surface area contributed by atoms with Crippen LogP contribution >= 0.6 is 0 Å². The van der Waals surface area contributed by atoms with E-state index in [1.165, 1.54) is 12.3 Å². The lowest BCUT2D eigenvalue weighted by atomic mass is 10.0. The molecule has 9 heteroatoms. The molecule has 2 aromatic rings. The van der Waals surface area contributed by atoms with Gasteiger partial charge in [0.05, 0.1) is 12.7 Å². The Bertz CT molecular complexity index is 985. The standard InChI is InChI=1S/C17H16N2O6S/c1-19-14(17(21)22)15(20)13-8-11(9-18-16(13)26(19,23)24)7-10-3-5-12(25-2)6-4-10/h3-6,8-9,14H,7H2,1-2H3,(H,21,22). The maximum atomic E-state index is 12.5. The third-order valence-electron chi connectivity index (χ3n) is 4.21. The molecule has 1 aliphatic rings. The Hall–Kier alpha value is -2.78. The zero-order valence-corrected chi connectivity index (χ0v) is 14.9. The number of ether oxygens (including phenoxy) is 1. The van der Waals surface area contributed by atoms with Gasteiger partial charge in [-0.2, -0.15) is 4.31 Å². The third-order valence-corrected chi connectivity index (χ3v) is 5.99. The Labute approximate surface area is 150 Å². The monoisotopic (exact) mass is 376 g/mol. The Balaban J connectivity index is 2.01. The number of carbonyl (C=O) groups excluding carboxylic acids is 1. The number of hydrogen-bond donors (Lipinski definition) is 1. The van der Waals surface area contributed by atoms with Crippen molar-refractivity contribution in [3.05, 3.63) is 53.2 Å². The van der Waals surface area contributed by atoms with Gasteiger partial charge in [-0.05, 0) is 35.7 Å². The largest absolute Gasteiger partial charge is 0.497 e. The molecule has 1 N–H and O–H groups in total. The predicted octanol–water partition coefficient (Wildman–Crippen LogP) is 0.951. The molecule has 1 unspecified atom stereocenters. The SMILES string of the molecule is COc1ccc(Cc2cnc3c(c2)C(=O)C(C(=O)O)N(C)S3(=O)=O)cc1. The number of ketones is 1. The van der Waals surface area contributed by atoms with Crippen LogP contribution in [0.2, 0.25) is 0 Å². The van der Waals surface area contributed by atoms with Gasteiger partial charge in [0.2, 0.25) is 0 Å². The van der Waals surface area contributed by atoms with E-state index in [4.69, 9.17) is 4.74 Å². The van der Waals surface area contributed by atoms with E-state index in [9.17, 15) is 23.1 Å². The van der Waals surface area contributed by atoms with Crippen LogP contribution in [0, 0.1) is 0 Å². The number of carboxylic acids is 1. The summed E-state index contributed by atoms with van der Waals surface area (Å²) in [6.45, 7) is 0. The average Bonchev–Trinajstić information content (AvgIpc) is 2.61. The lowest BCUT2D eigenvalue weighted by Gasteiger charge is -2.28. The maximum absolute atomic E-state index is 12.5. The lowest BCUT2D eigenvalue weighted by molar-refractivity contribution is -0.139. The second kappa shape index (κ2) is 6.50.